The third-order valence-electron chi connectivity index (χ3n) is 5.23. The molecule has 4 rings (SSSR count). The van der Waals surface area contributed by atoms with Crippen molar-refractivity contribution in [1.29, 1.82) is 0 Å². The van der Waals surface area contributed by atoms with Crippen molar-refractivity contribution in [2.24, 2.45) is 7.05 Å². The summed E-state index contributed by atoms with van der Waals surface area (Å²) >= 11 is 0. The fourth-order valence-corrected chi connectivity index (χ4v) is 3.56. The van der Waals surface area contributed by atoms with Crippen molar-refractivity contribution in [3.8, 4) is 17.0 Å². The molecule has 164 valence electrons. The molecule has 0 fully saturated rings. The van der Waals surface area contributed by atoms with Crippen LogP contribution in [0.25, 0.3) is 22.3 Å². The number of benzene rings is 2. The number of hydrogen-bond acceptors (Lipinski definition) is 5. The summed E-state index contributed by atoms with van der Waals surface area (Å²) in [7, 11) is 4.44. The second-order valence-electron chi connectivity index (χ2n) is 7.15. The van der Waals surface area contributed by atoms with Gasteiger partial charge in [0.1, 0.15) is 28.7 Å². The average Bonchev–Trinajstić information content (AvgIpc) is 3.10. The molecule has 0 aliphatic heterocycles. The number of aromatic nitrogens is 3. The number of aryl methyl sites for hydroxylation is 1. The smallest absolute Gasteiger partial charge is 0.338 e. The first-order chi connectivity index (χ1) is 15.3. The van der Waals surface area contributed by atoms with Crippen LogP contribution in [0.1, 0.15) is 21.7 Å². The number of esters is 1. The summed E-state index contributed by atoms with van der Waals surface area (Å²) in [6, 6.07) is 9.51. The Morgan fingerprint density at radius 2 is 1.91 bits per heavy atom. The Hall–Kier alpha value is -4.01. The minimum absolute atomic E-state index is 0.00374. The van der Waals surface area contributed by atoms with Crippen LogP contribution in [-0.2, 0) is 18.2 Å². The lowest BCUT2D eigenvalue weighted by Crippen LogP contribution is -2.06. The molecule has 0 amide bonds. The number of nitrogens with zero attached hydrogens (tertiary/aromatic N) is 2. The molecular weight excluding hydrogens is 420 g/mol. The summed E-state index contributed by atoms with van der Waals surface area (Å²) in [4.78, 5) is 30.5. The van der Waals surface area contributed by atoms with Crippen molar-refractivity contribution in [3.05, 3.63) is 81.4 Å². The Morgan fingerprint density at radius 3 is 2.59 bits per heavy atom. The first kappa shape index (κ1) is 21.2. The number of ether oxygens (including phenoxy) is 2. The maximum absolute atomic E-state index is 14.9. The maximum atomic E-state index is 14.9. The molecule has 7 nitrogen and oxygen atoms in total. The largest absolute Gasteiger partial charge is 0.494 e. The number of halogens is 2. The highest BCUT2D eigenvalue weighted by molar-refractivity contribution is 5.96. The predicted octanol–water partition coefficient (Wildman–Crippen LogP) is 3.59. The summed E-state index contributed by atoms with van der Waals surface area (Å²) < 4.78 is 41.4. The van der Waals surface area contributed by atoms with E-state index in [0.29, 0.717) is 22.6 Å². The highest BCUT2D eigenvalue weighted by atomic mass is 19.1. The van der Waals surface area contributed by atoms with Gasteiger partial charge in [0.05, 0.1) is 31.0 Å². The quantitative estimate of drug-likeness (QED) is 0.481. The van der Waals surface area contributed by atoms with Crippen molar-refractivity contribution in [3.63, 3.8) is 0 Å². The van der Waals surface area contributed by atoms with Gasteiger partial charge in [0.2, 0.25) is 5.56 Å². The molecule has 2 aromatic carbocycles. The lowest BCUT2D eigenvalue weighted by Gasteiger charge is -2.09. The number of imidazole rings is 1. The van der Waals surface area contributed by atoms with Gasteiger partial charge in [-0.05, 0) is 35.9 Å². The highest BCUT2D eigenvalue weighted by Crippen LogP contribution is 2.30. The fraction of sp³-hybridized carbons (Fsp3) is 0.174. The lowest BCUT2D eigenvalue weighted by molar-refractivity contribution is 0.0600. The van der Waals surface area contributed by atoms with Crippen LogP contribution >= 0.6 is 0 Å². The van der Waals surface area contributed by atoms with Crippen molar-refractivity contribution in [2.75, 3.05) is 14.2 Å². The minimum Gasteiger partial charge on any atom is -0.494 e. The van der Waals surface area contributed by atoms with Crippen LogP contribution in [0, 0.1) is 11.6 Å². The molecule has 0 saturated heterocycles. The summed E-state index contributed by atoms with van der Waals surface area (Å²) in [6.45, 7) is 0. The van der Waals surface area contributed by atoms with Crippen LogP contribution in [0.5, 0.6) is 5.75 Å². The van der Waals surface area contributed by atoms with Crippen molar-refractivity contribution in [1.82, 2.24) is 14.5 Å². The molecule has 1 N–H and O–H groups in total. The number of methoxy groups -OCH3 is 2. The molecule has 2 aromatic heterocycles. The zero-order valence-corrected chi connectivity index (χ0v) is 17.5. The number of aromatic amines is 1. The molecule has 0 aliphatic carbocycles. The van der Waals surface area contributed by atoms with E-state index in [1.165, 1.54) is 38.5 Å². The highest BCUT2D eigenvalue weighted by Gasteiger charge is 2.19. The Labute approximate surface area is 181 Å². The molecule has 0 atom stereocenters. The van der Waals surface area contributed by atoms with E-state index < -0.39 is 23.2 Å². The standard InChI is InChI=1S/C23H19F2N3O4/c1-28-18-8-13(23(30)32-3)9-19(31-2)22(18)27-20(28)10-12-7-16(25)14(11-15(12)24)17-5-4-6-21(29)26-17/h4-9,11H,10H2,1-3H3,(H,26,29). The van der Waals surface area contributed by atoms with E-state index >= 15 is 0 Å². The molecule has 0 saturated carbocycles. The van der Waals surface area contributed by atoms with Crippen LogP contribution in [0.15, 0.2) is 47.3 Å². The van der Waals surface area contributed by atoms with Crippen LogP contribution < -0.4 is 10.3 Å². The summed E-state index contributed by atoms with van der Waals surface area (Å²) in [6.07, 6.45) is -0.00374. The van der Waals surface area contributed by atoms with Gasteiger partial charge < -0.3 is 19.0 Å². The maximum Gasteiger partial charge on any atom is 0.338 e. The number of rotatable bonds is 5. The lowest BCUT2D eigenvalue weighted by atomic mass is 10.0. The van der Waals surface area contributed by atoms with Gasteiger partial charge in [-0.1, -0.05) is 6.07 Å². The summed E-state index contributed by atoms with van der Waals surface area (Å²) in [5.74, 6) is -1.04. The number of nitrogens with one attached hydrogen (secondary N) is 1. The van der Waals surface area contributed by atoms with E-state index in [1.54, 1.807) is 17.7 Å². The topological polar surface area (TPSA) is 86.2 Å². The summed E-state index contributed by atoms with van der Waals surface area (Å²) in [5.41, 5.74) is 1.17. The van der Waals surface area contributed by atoms with Gasteiger partial charge in [-0.25, -0.2) is 18.6 Å². The predicted molar refractivity (Wildman–Crippen MR) is 114 cm³/mol. The van der Waals surface area contributed by atoms with E-state index in [9.17, 15) is 18.4 Å². The Morgan fingerprint density at radius 1 is 1.12 bits per heavy atom. The third kappa shape index (κ3) is 3.73. The van der Waals surface area contributed by atoms with Gasteiger partial charge in [-0.2, -0.15) is 0 Å². The number of H-pyrrole nitrogens is 1. The average molecular weight is 439 g/mol. The van der Waals surface area contributed by atoms with Crippen LogP contribution in [0.3, 0.4) is 0 Å². The van der Waals surface area contributed by atoms with Gasteiger partial charge in [-0.15, -0.1) is 0 Å². The number of carbonyl (C=O) groups excluding carboxylic acids is 1. The zero-order valence-electron chi connectivity index (χ0n) is 17.5. The number of fused-ring (bicyclic) bond motifs is 1. The third-order valence-corrected chi connectivity index (χ3v) is 5.23. The van der Waals surface area contributed by atoms with Crippen LogP contribution in [0.4, 0.5) is 8.78 Å². The molecule has 4 aromatic rings. The number of hydrogen-bond donors (Lipinski definition) is 1. The Balaban J connectivity index is 1.76. The second-order valence-corrected chi connectivity index (χ2v) is 7.15. The van der Waals surface area contributed by atoms with Crippen molar-refractivity contribution in [2.45, 2.75) is 6.42 Å². The summed E-state index contributed by atoms with van der Waals surface area (Å²) in [5, 5.41) is 0. The van der Waals surface area contributed by atoms with E-state index in [-0.39, 0.29) is 28.8 Å². The normalized spacial score (nSPS) is 11.0. The number of carbonyl (C=O) groups is 1. The SMILES string of the molecule is COC(=O)c1cc(OC)c2nc(Cc3cc(F)c(-c4cccc(=O)[nH]4)cc3F)n(C)c2c1. The monoisotopic (exact) mass is 439 g/mol. The van der Waals surface area contributed by atoms with E-state index in [1.807, 2.05) is 0 Å². The van der Waals surface area contributed by atoms with Crippen molar-refractivity contribution < 1.29 is 23.0 Å². The number of pyridine rings is 1. The van der Waals surface area contributed by atoms with E-state index in [2.05, 4.69) is 9.97 Å². The van der Waals surface area contributed by atoms with Gasteiger partial charge in [0, 0.05) is 25.1 Å². The van der Waals surface area contributed by atoms with E-state index in [4.69, 9.17) is 9.47 Å². The Kier molecular flexibility index (Phi) is 5.48. The first-order valence-electron chi connectivity index (χ1n) is 9.61. The second kappa shape index (κ2) is 8.26. The van der Waals surface area contributed by atoms with Crippen LogP contribution in [-0.4, -0.2) is 34.7 Å². The molecule has 2 heterocycles. The molecule has 0 bridgehead atoms. The molecule has 0 aliphatic rings. The van der Waals surface area contributed by atoms with Crippen LogP contribution in [0.2, 0.25) is 0 Å². The molecule has 0 spiro atoms. The van der Waals surface area contributed by atoms with Gasteiger partial charge in [0.15, 0.2) is 0 Å². The van der Waals surface area contributed by atoms with E-state index in [0.717, 1.165) is 12.1 Å². The first-order valence-corrected chi connectivity index (χ1v) is 9.61. The zero-order chi connectivity index (χ0) is 23.0. The fourth-order valence-electron chi connectivity index (χ4n) is 3.56. The van der Waals surface area contributed by atoms with Gasteiger partial charge >= 0.3 is 5.97 Å². The Bertz CT molecular complexity index is 1410. The van der Waals surface area contributed by atoms with Gasteiger partial charge in [0.25, 0.3) is 0 Å². The molecule has 0 unspecified atom stereocenters. The molecule has 32 heavy (non-hydrogen) atoms. The minimum atomic E-state index is -0.674. The molecule has 0 radical (unpaired) electrons. The van der Waals surface area contributed by atoms with Gasteiger partial charge in [-0.3, -0.25) is 4.79 Å². The molecule has 9 heteroatoms. The molecular formula is C23H19F2N3O4. The van der Waals surface area contributed by atoms with Crippen molar-refractivity contribution >= 4 is 17.0 Å².